The lowest BCUT2D eigenvalue weighted by Crippen LogP contribution is -2.22. The average Bonchev–Trinajstić information content (AvgIpc) is 3.74. The number of epoxide rings is 2. The van der Waals surface area contributed by atoms with Crippen molar-refractivity contribution >= 4 is 0 Å². The monoisotopic (exact) mass is 476 g/mol. The molecule has 3 aromatic rings. The highest BCUT2D eigenvalue weighted by Gasteiger charge is 2.31. The van der Waals surface area contributed by atoms with E-state index in [1.54, 1.807) is 0 Å². The molecular formula is C29H36N2O4. The summed E-state index contributed by atoms with van der Waals surface area (Å²) < 4.78 is 24.7. The van der Waals surface area contributed by atoms with E-state index in [2.05, 4.69) is 59.7 Å². The van der Waals surface area contributed by atoms with E-state index in [0.717, 1.165) is 41.7 Å². The van der Waals surface area contributed by atoms with Gasteiger partial charge in [-0.2, -0.15) is 5.10 Å². The molecule has 0 aliphatic carbocycles. The molecule has 6 nitrogen and oxygen atoms in total. The van der Waals surface area contributed by atoms with Gasteiger partial charge in [0.2, 0.25) is 0 Å². The van der Waals surface area contributed by atoms with E-state index in [-0.39, 0.29) is 23.0 Å². The van der Waals surface area contributed by atoms with Crippen LogP contribution in [0.3, 0.4) is 0 Å². The quantitative estimate of drug-likeness (QED) is 0.391. The Balaban J connectivity index is 1.46. The first kappa shape index (κ1) is 23.9. The van der Waals surface area contributed by atoms with Crippen molar-refractivity contribution < 1.29 is 18.9 Å². The van der Waals surface area contributed by atoms with Crippen LogP contribution in [-0.4, -0.2) is 48.4 Å². The Morgan fingerprint density at radius 2 is 1.37 bits per heavy atom. The smallest absolute Gasteiger partial charge is 0.127 e. The minimum Gasteiger partial charge on any atom is -0.491 e. The minimum absolute atomic E-state index is 0.0902. The number of hydrogen-bond acceptors (Lipinski definition) is 5. The van der Waals surface area contributed by atoms with Gasteiger partial charge in [-0.15, -0.1) is 0 Å². The molecule has 35 heavy (non-hydrogen) atoms. The van der Waals surface area contributed by atoms with E-state index in [9.17, 15) is 0 Å². The van der Waals surface area contributed by atoms with Gasteiger partial charge in [-0.25, -0.2) is 4.68 Å². The molecule has 0 radical (unpaired) electrons. The van der Waals surface area contributed by atoms with Gasteiger partial charge in [-0.1, -0.05) is 41.5 Å². The molecule has 5 rings (SSSR count). The number of nitrogens with zero attached hydrogens (tertiary/aromatic N) is 2. The Kier molecular flexibility index (Phi) is 6.14. The van der Waals surface area contributed by atoms with E-state index in [4.69, 9.17) is 24.0 Å². The first-order valence-corrected chi connectivity index (χ1v) is 12.4. The van der Waals surface area contributed by atoms with Crippen molar-refractivity contribution in [3.05, 3.63) is 59.8 Å². The van der Waals surface area contributed by atoms with E-state index in [1.807, 2.05) is 35.1 Å². The molecular weight excluding hydrogens is 440 g/mol. The van der Waals surface area contributed by atoms with Crippen LogP contribution in [0.4, 0.5) is 0 Å². The summed E-state index contributed by atoms with van der Waals surface area (Å²) in [6, 6.07) is 14.6. The van der Waals surface area contributed by atoms with Crippen LogP contribution in [0.25, 0.3) is 16.9 Å². The van der Waals surface area contributed by atoms with Crippen molar-refractivity contribution in [3.8, 4) is 28.4 Å². The maximum absolute atomic E-state index is 6.39. The summed E-state index contributed by atoms with van der Waals surface area (Å²) in [6.45, 7) is 16.1. The summed E-state index contributed by atoms with van der Waals surface area (Å²) in [5, 5.41) is 4.92. The largest absolute Gasteiger partial charge is 0.491 e. The standard InChI is InChI=1S/C29H36N2O4/c1-28(2,3)24-13-20(14-25(29(4,5)6)27(24)35-18-23-17-34-23)31-12-11-26(30-31)19-7-9-21(10-8-19)32-15-22-16-33-22/h7-14,22-23H,15-18H2,1-6H3. The lowest BCUT2D eigenvalue weighted by molar-refractivity contribution is 0.253. The second-order valence-electron chi connectivity index (χ2n) is 11.6. The highest BCUT2D eigenvalue weighted by atomic mass is 16.6. The summed E-state index contributed by atoms with van der Waals surface area (Å²) in [5.41, 5.74) is 5.18. The van der Waals surface area contributed by atoms with Crippen molar-refractivity contribution in [2.24, 2.45) is 0 Å². The third-order valence-electron chi connectivity index (χ3n) is 6.35. The Bertz CT molecular complexity index is 1140. The zero-order valence-corrected chi connectivity index (χ0v) is 21.6. The lowest BCUT2D eigenvalue weighted by Gasteiger charge is -2.30. The predicted molar refractivity (Wildman–Crippen MR) is 137 cm³/mol. The molecule has 2 fully saturated rings. The van der Waals surface area contributed by atoms with Gasteiger partial charge in [0.25, 0.3) is 0 Å². The molecule has 2 unspecified atom stereocenters. The molecule has 0 spiro atoms. The Hall–Kier alpha value is -2.83. The summed E-state index contributed by atoms with van der Waals surface area (Å²) in [4.78, 5) is 0. The molecule has 6 heteroatoms. The third kappa shape index (κ3) is 5.71. The Morgan fingerprint density at radius 1 is 0.829 bits per heavy atom. The van der Waals surface area contributed by atoms with Crippen LogP contribution in [-0.2, 0) is 20.3 Å². The van der Waals surface area contributed by atoms with E-state index >= 15 is 0 Å². The fraction of sp³-hybridized carbons (Fsp3) is 0.483. The molecule has 2 aromatic carbocycles. The van der Waals surface area contributed by atoms with Crippen LogP contribution in [0.2, 0.25) is 0 Å². The van der Waals surface area contributed by atoms with Crippen LogP contribution in [0.15, 0.2) is 48.7 Å². The molecule has 3 heterocycles. The topological polar surface area (TPSA) is 61.3 Å². The first-order chi connectivity index (χ1) is 16.6. The lowest BCUT2D eigenvalue weighted by atomic mass is 9.79. The van der Waals surface area contributed by atoms with Crippen LogP contribution < -0.4 is 9.47 Å². The highest BCUT2D eigenvalue weighted by Crippen LogP contribution is 2.42. The minimum atomic E-state index is -0.0902. The molecule has 2 aliphatic heterocycles. The first-order valence-electron chi connectivity index (χ1n) is 12.4. The fourth-order valence-electron chi connectivity index (χ4n) is 4.05. The zero-order chi connectivity index (χ0) is 24.8. The number of rotatable bonds is 8. The average molecular weight is 477 g/mol. The maximum Gasteiger partial charge on any atom is 0.127 e. The van der Waals surface area contributed by atoms with Crippen molar-refractivity contribution in [2.45, 2.75) is 64.6 Å². The van der Waals surface area contributed by atoms with Crippen LogP contribution in [0.1, 0.15) is 52.7 Å². The highest BCUT2D eigenvalue weighted by molar-refractivity contribution is 5.61. The van der Waals surface area contributed by atoms with Crippen molar-refractivity contribution in [1.82, 2.24) is 9.78 Å². The van der Waals surface area contributed by atoms with E-state index < -0.39 is 0 Å². The number of ether oxygens (including phenoxy) is 4. The molecule has 186 valence electrons. The normalized spacial score (nSPS) is 19.5. The van der Waals surface area contributed by atoms with Gasteiger partial charge in [0.15, 0.2) is 0 Å². The number of hydrogen-bond donors (Lipinski definition) is 0. The van der Waals surface area contributed by atoms with Gasteiger partial charge in [0, 0.05) is 22.9 Å². The molecule has 0 saturated carbocycles. The summed E-state index contributed by atoms with van der Waals surface area (Å²) in [7, 11) is 0. The van der Waals surface area contributed by atoms with Gasteiger partial charge in [-0.05, 0) is 53.3 Å². The Labute approximate surface area is 208 Å². The maximum atomic E-state index is 6.39. The SMILES string of the molecule is CC(C)(C)c1cc(-n2ccc(-c3ccc(OCC4CO4)cc3)n2)cc(C(C)(C)C)c1OCC1CO1. The van der Waals surface area contributed by atoms with Crippen LogP contribution >= 0.6 is 0 Å². The number of benzene rings is 2. The third-order valence-corrected chi connectivity index (χ3v) is 6.35. The van der Waals surface area contributed by atoms with Crippen LogP contribution in [0, 0.1) is 0 Å². The van der Waals surface area contributed by atoms with Crippen molar-refractivity contribution in [1.29, 1.82) is 0 Å². The second-order valence-corrected chi connectivity index (χ2v) is 11.6. The molecule has 0 N–H and O–H groups in total. The number of aromatic nitrogens is 2. The van der Waals surface area contributed by atoms with E-state index in [0.29, 0.717) is 13.2 Å². The molecule has 2 atom stereocenters. The van der Waals surface area contributed by atoms with Crippen LogP contribution in [0.5, 0.6) is 11.5 Å². The molecule has 2 aliphatic rings. The molecule has 2 saturated heterocycles. The summed E-state index contributed by atoms with van der Waals surface area (Å²) in [6.07, 6.45) is 2.49. The zero-order valence-electron chi connectivity index (χ0n) is 21.6. The van der Waals surface area contributed by atoms with Gasteiger partial charge >= 0.3 is 0 Å². The van der Waals surface area contributed by atoms with Crippen molar-refractivity contribution in [3.63, 3.8) is 0 Å². The second kappa shape index (κ2) is 8.99. The van der Waals surface area contributed by atoms with E-state index in [1.165, 1.54) is 11.1 Å². The van der Waals surface area contributed by atoms with Gasteiger partial charge in [-0.3, -0.25) is 0 Å². The summed E-state index contributed by atoms with van der Waals surface area (Å²) in [5.74, 6) is 1.82. The summed E-state index contributed by atoms with van der Waals surface area (Å²) >= 11 is 0. The van der Waals surface area contributed by atoms with Gasteiger partial charge in [0.1, 0.15) is 36.9 Å². The molecule has 0 bridgehead atoms. The molecule has 1 aromatic heterocycles. The van der Waals surface area contributed by atoms with Gasteiger partial charge < -0.3 is 18.9 Å². The molecule has 0 amide bonds. The van der Waals surface area contributed by atoms with Crippen molar-refractivity contribution in [2.75, 3.05) is 26.4 Å². The Morgan fingerprint density at radius 3 is 1.89 bits per heavy atom. The predicted octanol–water partition coefficient (Wildman–Crippen LogP) is 5.69. The van der Waals surface area contributed by atoms with Gasteiger partial charge in [0.05, 0.1) is 24.6 Å². The fourth-order valence-corrected chi connectivity index (χ4v) is 4.05.